The summed E-state index contributed by atoms with van der Waals surface area (Å²) in [6, 6.07) is 5.07. The van der Waals surface area contributed by atoms with Crippen molar-refractivity contribution in [3.8, 4) is 0 Å². The Kier molecular flexibility index (Phi) is 4.11. The maximum atomic E-state index is 13.9. The highest BCUT2D eigenvalue weighted by Crippen LogP contribution is 2.46. The average Bonchev–Trinajstić information content (AvgIpc) is 2.48. The molecule has 0 radical (unpaired) electrons. The number of aliphatic hydroxyl groups is 1. The van der Waals surface area contributed by atoms with E-state index in [1.807, 2.05) is 13.0 Å². The molecule has 0 saturated heterocycles. The molecule has 110 valence electrons. The topological polar surface area (TPSA) is 20.2 Å². The molecule has 2 fully saturated rings. The van der Waals surface area contributed by atoms with Gasteiger partial charge < -0.3 is 5.11 Å². The van der Waals surface area contributed by atoms with Crippen LogP contribution in [0.25, 0.3) is 0 Å². The normalized spacial score (nSPS) is 31.6. The molecule has 0 amide bonds. The van der Waals surface area contributed by atoms with E-state index in [4.69, 9.17) is 0 Å². The van der Waals surface area contributed by atoms with Crippen LogP contribution in [0, 0.1) is 30.5 Å². The van der Waals surface area contributed by atoms with E-state index in [-0.39, 0.29) is 11.7 Å². The minimum absolute atomic E-state index is 0.241. The smallest absolute Gasteiger partial charge is 0.129 e. The van der Waals surface area contributed by atoms with Crippen molar-refractivity contribution in [2.75, 3.05) is 0 Å². The highest BCUT2D eigenvalue weighted by molar-refractivity contribution is 5.26. The van der Waals surface area contributed by atoms with Gasteiger partial charge in [0.2, 0.25) is 0 Å². The minimum Gasteiger partial charge on any atom is -0.388 e. The maximum Gasteiger partial charge on any atom is 0.129 e. The monoisotopic (exact) mass is 276 g/mol. The van der Waals surface area contributed by atoms with Crippen molar-refractivity contribution in [3.05, 3.63) is 35.1 Å². The maximum absolute atomic E-state index is 13.9. The summed E-state index contributed by atoms with van der Waals surface area (Å²) in [5.41, 5.74) is 1.52. The third-order valence-corrected chi connectivity index (χ3v) is 5.50. The number of hydrogen-bond donors (Lipinski definition) is 1. The van der Waals surface area contributed by atoms with Crippen molar-refractivity contribution >= 4 is 0 Å². The van der Waals surface area contributed by atoms with Gasteiger partial charge in [0.15, 0.2) is 0 Å². The van der Waals surface area contributed by atoms with Crippen LogP contribution in [0.5, 0.6) is 0 Å². The van der Waals surface area contributed by atoms with E-state index in [9.17, 15) is 9.50 Å². The van der Waals surface area contributed by atoms with Crippen molar-refractivity contribution in [1.82, 2.24) is 0 Å². The molecule has 2 aliphatic carbocycles. The third kappa shape index (κ3) is 2.76. The van der Waals surface area contributed by atoms with Crippen LogP contribution in [0.15, 0.2) is 18.2 Å². The molecule has 0 aliphatic heterocycles. The Hall–Kier alpha value is -0.890. The van der Waals surface area contributed by atoms with Crippen molar-refractivity contribution in [2.45, 2.75) is 58.0 Å². The van der Waals surface area contributed by atoms with Crippen LogP contribution in [0.1, 0.15) is 62.2 Å². The molecule has 20 heavy (non-hydrogen) atoms. The van der Waals surface area contributed by atoms with Gasteiger partial charge in [0, 0.05) is 5.56 Å². The molecule has 1 aromatic carbocycles. The predicted octanol–water partition coefficient (Wildman–Crippen LogP) is 4.77. The highest BCUT2D eigenvalue weighted by Gasteiger charge is 2.35. The zero-order valence-electron chi connectivity index (χ0n) is 12.3. The fourth-order valence-corrected chi connectivity index (χ4v) is 4.34. The fraction of sp³-hybridized carbons (Fsp3) is 0.667. The lowest BCUT2D eigenvalue weighted by Gasteiger charge is -2.41. The molecule has 1 aromatic rings. The van der Waals surface area contributed by atoms with Crippen molar-refractivity contribution < 1.29 is 9.50 Å². The summed E-state index contributed by atoms with van der Waals surface area (Å²) in [4.78, 5) is 0. The number of benzene rings is 1. The lowest BCUT2D eigenvalue weighted by atomic mass is 9.66. The van der Waals surface area contributed by atoms with Gasteiger partial charge in [-0.05, 0) is 50.0 Å². The summed E-state index contributed by atoms with van der Waals surface area (Å²) in [7, 11) is 0. The Balaban J connectivity index is 1.74. The molecule has 2 saturated carbocycles. The van der Waals surface area contributed by atoms with Crippen LogP contribution in [-0.4, -0.2) is 5.11 Å². The van der Waals surface area contributed by atoms with Gasteiger partial charge in [-0.2, -0.15) is 0 Å². The van der Waals surface area contributed by atoms with Crippen LogP contribution in [0.4, 0.5) is 4.39 Å². The minimum atomic E-state index is -0.627. The lowest BCUT2D eigenvalue weighted by molar-refractivity contribution is 0.0330. The van der Waals surface area contributed by atoms with Gasteiger partial charge in [-0.25, -0.2) is 4.39 Å². The van der Waals surface area contributed by atoms with Gasteiger partial charge in [-0.15, -0.1) is 0 Å². The van der Waals surface area contributed by atoms with E-state index in [0.29, 0.717) is 5.56 Å². The summed E-state index contributed by atoms with van der Waals surface area (Å²) in [6.07, 6.45) is 8.12. The molecular weight excluding hydrogens is 251 g/mol. The van der Waals surface area contributed by atoms with Gasteiger partial charge in [0.1, 0.15) is 5.82 Å². The zero-order chi connectivity index (χ0) is 14.1. The Morgan fingerprint density at radius 2 is 1.85 bits per heavy atom. The predicted molar refractivity (Wildman–Crippen MR) is 78.9 cm³/mol. The second-order valence-electron chi connectivity index (χ2n) is 6.85. The number of rotatable bonds is 2. The van der Waals surface area contributed by atoms with Gasteiger partial charge in [0.25, 0.3) is 0 Å². The number of aliphatic hydroxyl groups excluding tert-OH is 1. The van der Waals surface area contributed by atoms with Gasteiger partial charge in [-0.3, -0.25) is 0 Å². The molecular formula is C18H25FO. The molecule has 4 atom stereocenters. The van der Waals surface area contributed by atoms with E-state index in [1.165, 1.54) is 38.2 Å². The first-order valence-corrected chi connectivity index (χ1v) is 8.09. The van der Waals surface area contributed by atoms with Gasteiger partial charge >= 0.3 is 0 Å². The van der Waals surface area contributed by atoms with Crippen LogP contribution in [0.3, 0.4) is 0 Å². The van der Waals surface area contributed by atoms with Crippen LogP contribution >= 0.6 is 0 Å². The number of hydrogen-bond acceptors (Lipinski definition) is 1. The summed E-state index contributed by atoms with van der Waals surface area (Å²) in [6.45, 7) is 1.95. The Morgan fingerprint density at radius 3 is 2.65 bits per heavy atom. The molecule has 1 nitrogen and oxygen atoms in total. The summed E-state index contributed by atoms with van der Waals surface area (Å²) in [5, 5.41) is 10.6. The Morgan fingerprint density at radius 1 is 1.10 bits per heavy atom. The van der Waals surface area contributed by atoms with Crippen molar-refractivity contribution in [2.24, 2.45) is 17.8 Å². The average molecular weight is 276 g/mol. The number of halogens is 1. The summed E-state index contributed by atoms with van der Waals surface area (Å²) < 4.78 is 13.9. The van der Waals surface area contributed by atoms with E-state index >= 15 is 0 Å². The highest BCUT2D eigenvalue weighted by atomic mass is 19.1. The fourth-order valence-electron chi connectivity index (χ4n) is 4.34. The molecule has 3 rings (SSSR count). The van der Waals surface area contributed by atoms with E-state index in [1.54, 1.807) is 6.07 Å². The molecule has 0 spiro atoms. The molecule has 2 aliphatic rings. The second kappa shape index (κ2) is 5.85. The molecule has 1 N–H and O–H groups in total. The summed E-state index contributed by atoms with van der Waals surface area (Å²) >= 11 is 0. The summed E-state index contributed by atoms with van der Waals surface area (Å²) in [5.74, 6) is 1.62. The first kappa shape index (κ1) is 14.1. The standard InChI is InChI=1S/C18H25FO/c1-12-6-9-17(19)16(10-12)18(20)15-8-7-13-4-2-3-5-14(13)11-15/h6,9-10,13-15,18,20H,2-5,7-8,11H2,1H3. The van der Waals surface area contributed by atoms with Crippen molar-refractivity contribution in [3.63, 3.8) is 0 Å². The van der Waals surface area contributed by atoms with E-state index in [0.717, 1.165) is 30.2 Å². The first-order chi connectivity index (χ1) is 9.65. The first-order valence-electron chi connectivity index (χ1n) is 8.09. The number of aryl methyl sites for hydroxylation is 1. The quantitative estimate of drug-likeness (QED) is 0.824. The van der Waals surface area contributed by atoms with E-state index in [2.05, 4.69) is 0 Å². The Labute approximate surface area is 121 Å². The SMILES string of the molecule is Cc1ccc(F)c(C(O)C2CCC3CCCCC3C2)c1. The second-order valence-corrected chi connectivity index (χ2v) is 6.85. The Bertz CT molecular complexity index is 470. The molecule has 4 unspecified atom stereocenters. The van der Waals surface area contributed by atoms with E-state index < -0.39 is 6.10 Å². The molecule has 0 aromatic heterocycles. The van der Waals surface area contributed by atoms with Gasteiger partial charge in [0.05, 0.1) is 6.10 Å². The van der Waals surface area contributed by atoms with Crippen LogP contribution in [0.2, 0.25) is 0 Å². The lowest BCUT2D eigenvalue weighted by Crippen LogP contribution is -2.30. The molecule has 2 heteroatoms. The zero-order valence-corrected chi connectivity index (χ0v) is 12.3. The van der Waals surface area contributed by atoms with Crippen LogP contribution < -0.4 is 0 Å². The molecule has 0 heterocycles. The van der Waals surface area contributed by atoms with Crippen LogP contribution in [-0.2, 0) is 0 Å². The largest absolute Gasteiger partial charge is 0.388 e. The van der Waals surface area contributed by atoms with Gasteiger partial charge in [-0.1, -0.05) is 43.4 Å². The third-order valence-electron chi connectivity index (χ3n) is 5.50. The molecule has 0 bridgehead atoms. The number of fused-ring (bicyclic) bond motifs is 1. The van der Waals surface area contributed by atoms with Crippen molar-refractivity contribution in [1.29, 1.82) is 0 Å².